The Balaban J connectivity index is 2.15. The summed E-state index contributed by atoms with van der Waals surface area (Å²) >= 11 is 0. The molecule has 0 radical (unpaired) electrons. The summed E-state index contributed by atoms with van der Waals surface area (Å²) in [7, 11) is 0. The van der Waals surface area contributed by atoms with Crippen molar-refractivity contribution in [2.75, 3.05) is 0 Å². The molecule has 0 aromatic rings. The third-order valence-electron chi connectivity index (χ3n) is 4.98. The first kappa shape index (κ1) is 12.1. The lowest BCUT2D eigenvalue weighted by Crippen LogP contribution is -2.46. The number of fused-ring (bicyclic) bond motifs is 1. The molecule has 0 spiro atoms. The van der Waals surface area contributed by atoms with Crippen molar-refractivity contribution < 1.29 is 9.90 Å². The van der Waals surface area contributed by atoms with Crippen molar-refractivity contribution in [3.63, 3.8) is 0 Å². The smallest absolute Gasteiger partial charge is 0.136 e. The predicted molar refractivity (Wildman–Crippen MR) is 64.1 cm³/mol. The van der Waals surface area contributed by atoms with Gasteiger partial charge in [0.2, 0.25) is 0 Å². The Hall–Kier alpha value is -0.370. The van der Waals surface area contributed by atoms with Gasteiger partial charge in [-0.3, -0.25) is 4.79 Å². The molecule has 2 saturated carbocycles. The summed E-state index contributed by atoms with van der Waals surface area (Å²) in [6.07, 6.45) is 6.11. The van der Waals surface area contributed by atoms with E-state index in [1.807, 2.05) is 13.8 Å². The van der Waals surface area contributed by atoms with E-state index in [1.54, 1.807) is 0 Å². The van der Waals surface area contributed by atoms with Gasteiger partial charge in [0.15, 0.2) is 0 Å². The molecule has 0 saturated heterocycles. The lowest BCUT2D eigenvalue weighted by Gasteiger charge is -2.49. The minimum absolute atomic E-state index is 0.214. The van der Waals surface area contributed by atoms with Crippen molar-refractivity contribution >= 4 is 5.78 Å². The molecule has 2 nitrogen and oxygen atoms in total. The number of aliphatic hydroxyl groups is 1. The summed E-state index contributed by atoms with van der Waals surface area (Å²) in [6, 6.07) is 0. The van der Waals surface area contributed by atoms with Crippen molar-refractivity contribution in [2.24, 2.45) is 17.3 Å². The standard InChI is InChI=1S/C14H24O2/c1-13(2,16)10-6-8-14(3)7-4-5-12(15)11(14)9-10/h10-11,16H,4-9H2,1-3H3. The zero-order valence-electron chi connectivity index (χ0n) is 10.8. The van der Waals surface area contributed by atoms with Gasteiger partial charge in [0.05, 0.1) is 5.60 Å². The van der Waals surface area contributed by atoms with Crippen LogP contribution in [0.3, 0.4) is 0 Å². The molecule has 0 amide bonds. The van der Waals surface area contributed by atoms with Gasteiger partial charge in [0.25, 0.3) is 0 Å². The molecule has 92 valence electrons. The largest absolute Gasteiger partial charge is 0.390 e. The molecule has 0 aromatic carbocycles. The molecule has 0 heterocycles. The van der Waals surface area contributed by atoms with Crippen LogP contribution in [0.1, 0.15) is 59.3 Å². The Morgan fingerprint density at radius 2 is 2.06 bits per heavy atom. The van der Waals surface area contributed by atoms with Gasteiger partial charge in [-0.05, 0) is 57.3 Å². The van der Waals surface area contributed by atoms with Gasteiger partial charge in [0.1, 0.15) is 5.78 Å². The molecule has 0 bridgehead atoms. The molecule has 3 unspecified atom stereocenters. The lowest BCUT2D eigenvalue weighted by molar-refractivity contribution is -0.136. The second kappa shape index (κ2) is 3.83. The highest BCUT2D eigenvalue weighted by Gasteiger charge is 2.47. The van der Waals surface area contributed by atoms with Crippen LogP contribution in [0.15, 0.2) is 0 Å². The van der Waals surface area contributed by atoms with Gasteiger partial charge in [-0.25, -0.2) is 0 Å². The third kappa shape index (κ3) is 2.04. The maximum atomic E-state index is 12.0. The van der Waals surface area contributed by atoms with Gasteiger partial charge in [-0.2, -0.15) is 0 Å². The number of rotatable bonds is 1. The van der Waals surface area contributed by atoms with E-state index in [4.69, 9.17) is 0 Å². The first-order chi connectivity index (χ1) is 7.33. The van der Waals surface area contributed by atoms with Crippen LogP contribution in [0.4, 0.5) is 0 Å². The first-order valence-electron chi connectivity index (χ1n) is 6.58. The van der Waals surface area contributed by atoms with E-state index < -0.39 is 5.60 Å². The fourth-order valence-electron chi connectivity index (χ4n) is 3.67. The van der Waals surface area contributed by atoms with E-state index in [0.717, 1.165) is 32.1 Å². The summed E-state index contributed by atoms with van der Waals surface area (Å²) in [5.41, 5.74) is -0.393. The number of hydrogen-bond acceptors (Lipinski definition) is 2. The Morgan fingerprint density at radius 3 is 2.69 bits per heavy atom. The molecule has 16 heavy (non-hydrogen) atoms. The average Bonchev–Trinajstić information content (AvgIpc) is 2.15. The molecule has 0 aliphatic heterocycles. The lowest BCUT2D eigenvalue weighted by atomic mass is 9.56. The zero-order valence-corrected chi connectivity index (χ0v) is 10.8. The van der Waals surface area contributed by atoms with Crippen LogP contribution in [0.5, 0.6) is 0 Å². The topological polar surface area (TPSA) is 37.3 Å². The average molecular weight is 224 g/mol. The second-order valence-corrected chi connectivity index (χ2v) is 6.65. The third-order valence-corrected chi connectivity index (χ3v) is 4.98. The first-order valence-corrected chi connectivity index (χ1v) is 6.58. The second-order valence-electron chi connectivity index (χ2n) is 6.65. The Labute approximate surface area is 98.4 Å². The van der Waals surface area contributed by atoms with E-state index in [2.05, 4.69) is 6.92 Å². The number of carbonyl (C=O) groups excluding carboxylic acids is 1. The highest BCUT2D eigenvalue weighted by molar-refractivity contribution is 5.82. The highest BCUT2D eigenvalue weighted by Crippen LogP contribution is 2.51. The van der Waals surface area contributed by atoms with Crippen LogP contribution in [0.2, 0.25) is 0 Å². The van der Waals surface area contributed by atoms with E-state index >= 15 is 0 Å². The van der Waals surface area contributed by atoms with Crippen LogP contribution >= 0.6 is 0 Å². The monoisotopic (exact) mass is 224 g/mol. The molecule has 2 heteroatoms. The summed E-state index contributed by atoms with van der Waals surface area (Å²) < 4.78 is 0. The van der Waals surface area contributed by atoms with Gasteiger partial charge < -0.3 is 5.11 Å². The van der Waals surface area contributed by atoms with Gasteiger partial charge in [-0.1, -0.05) is 6.92 Å². The Kier molecular flexibility index (Phi) is 2.90. The minimum atomic E-state index is -0.626. The maximum Gasteiger partial charge on any atom is 0.136 e. The molecule has 3 atom stereocenters. The maximum absolute atomic E-state index is 12.0. The Bertz CT molecular complexity index is 290. The van der Waals surface area contributed by atoms with Crippen molar-refractivity contribution in [1.82, 2.24) is 0 Å². The van der Waals surface area contributed by atoms with E-state index in [-0.39, 0.29) is 11.3 Å². The van der Waals surface area contributed by atoms with Crippen molar-refractivity contribution in [1.29, 1.82) is 0 Å². The van der Waals surface area contributed by atoms with Crippen molar-refractivity contribution in [2.45, 2.75) is 64.9 Å². The summed E-state index contributed by atoms with van der Waals surface area (Å²) in [6.45, 7) is 6.04. The summed E-state index contributed by atoms with van der Waals surface area (Å²) in [5.74, 6) is 0.960. The summed E-state index contributed by atoms with van der Waals surface area (Å²) in [5, 5.41) is 10.1. The van der Waals surface area contributed by atoms with E-state index in [1.165, 1.54) is 6.42 Å². The minimum Gasteiger partial charge on any atom is -0.390 e. The molecule has 0 aromatic heterocycles. The van der Waals surface area contributed by atoms with Gasteiger partial charge in [-0.15, -0.1) is 0 Å². The molecule has 2 fully saturated rings. The zero-order chi connectivity index (χ0) is 12.0. The number of hydrogen-bond donors (Lipinski definition) is 1. The molecule has 2 rings (SSSR count). The van der Waals surface area contributed by atoms with Crippen LogP contribution in [0.25, 0.3) is 0 Å². The van der Waals surface area contributed by atoms with Crippen molar-refractivity contribution in [3.8, 4) is 0 Å². The quantitative estimate of drug-likeness (QED) is 0.743. The van der Waals surface area contributed by atoms with E-state index in [9.17, 15) is 9.90 Å². The van der Waals surface area contributed by atoms with Crippen LogP contribution in [0, 0.1) is 17.3 Å². The highest BCUT2D eigenvalue weighted by atomic mass is 16.3. The van der Waals surface area contributed by atoms with Gasteiger partial charge in [0, 0.05) is 12.3 Å². The number of carbonyl (C=O) groups is 1. The normalized spacial score (nSPS) is 40.6. The van der Waals surface area contributed by atoms with Crippen LogP contribution in [-0.4, -0.2) is 16.5 Å². The SMILES string of the molecule is CC(C)(O)C1CCC2(C)CCCC(=O)C2C1. The number of Topliss-reactive ketones (excluding diaryl/α,β-unsaturated/α-hetero) is 1. The van der Waals surface area contributed by atoms with Crippen LogP contribution < -0.4 is 0 Å². The van der Waals surface area contributed by atoms with Crippen LogP contribution in [-0.2, 0) is 4.79 Å². The molecule has 2 aliphatic carbocycles. The molecule has 2 aliphatic rings. The van der Waals surface area contributed by atoms with Crippen molar-refractivity contribution in [3.05, 3.63) is 0 Å². The summed E-state index contributed by atoms with van der Waals surface area (Å²) in [4.78, 5) is 12.0. The fraction of sp³-hybridized carbons (Fsp3) is 0.929. The van der Waals surface area contributed by atoms with Gasteiger partial charge >= 0.3 is 0 Å². The molecular formula is C14H24O2. The molecular weight excluding hydrogens is 200 g/mol. The fourth-order valence-corrected chi connectivity index (χ4v) is 3.67. The molecule has 1 N–H and O–H groups in total. The number of ketones is 1. The Morgan fingerprint density at radius 1 is 1.38 bits per heavy atom. The predicted octanol–water partition coefficient (Wildman–Crippen LogP) is 2.93. The van der Waals surface area contributed by atoms with E-state index in [0.29, 0.717) is 11.7 Å².